The SMILES string of the molecule is CC(=O)C1CCC2C3C=C(Cl)C4=CC(O)CCC4(C)C3CCC12C.CC(=O)O. The number of ketones is 1. The van der Waals surface area contributed by atoms with Gasteiger partial charge in [-0.25, -0.2) is 0 Å². The van der Waals surface area contributed by atoms with Crippen molar-refractivity contribution in [2.45, 2.75) is 72.3 Å². The van der Waals surface area contributed by atoms with Gasteiger partial charge in [0.05, 0.1) is 6.10 Å². The van der Waals surface area contributed by atoms with E-state index in [0.717, 1.165) is 44.1 Å². The first-order valence-corrected chi connectivity index (χ1v) is 10.9. The van der Waals surface area contributed by atoms with Crippen molar-refractivity contribution in [2.75, 3.05) is 0 Å². The van der Waals surface area contributed by atoms with Gasteiger partial charge in [0.1, 0.15) is 5.78 Å². The zero-order chi connectivity index (χ0) is 20.9. The highest BCUT2D eigenvalue weighted by molar-refractivity contribution is 6.32. The number of carboxylic acid groups (broad SMARTS) is 1. The number of allylic oxidation sites excluding steroid dienone is 3. The van der Waals surface area contributed by atoms with Crippen LogP contribution in [-0.4, -0.2) is 28.1 Å². The fourth-order valence-electron chi connectivity index (χ4n) is 6.88. The van der Waals surface area contributed by atoms with Crippen LogP contribution in [0.15, 0.2) is 22.8 Å². The third-order valence-corrected chi connectivity index (χ3v) is 8.50. The number of aliphatic carboxylic acids is 1. The van der Waals surface area contributed by atoms with Gasteiger partial charge in [0, 0.05) is 17.9 Å². The van der Waals surface area contributed by atoms with Crippen molar-refractivity contribution in [2.24, 2.45) is 34.5 Å². The molecule has 156 valence electrons. The van der Waals surface area contributed by atoms with E-state index < -0.39 is 5.97 Å². The predicted octanol–water partition coefficient (Wildman–Crippen LogP) is 4.95. The van der Waals surface area contributed by atoms with E-state index in [-0.39, 0.29) is 22.9 Å². The molecule has 0 aromatic carbocycles. The lowest BCUT2D eigenvalue weighted by Gasteiger charge is -2.56. The Labute approximate surface area is 173 Å². The number of Topliss-reactive ketones (excluding diaryl/α,β-unsaturated/α-hetero) is 1. The van der Waals surface area contributed by atoms with Gasteiger partial charge in [0.25, 0.3) is 5.97 Å². The minimum Gasteiger partial charge on any atom is -0.481 e. The van der Waals surface area contributed by atoms with E-state index in [1.54, 1.807) is 6.92 Å². The highest BCUT2D eigenvalue weighted by Crippen LogP contribution is 2.66. The summed E-state index contributed by atoms with van der Waals surface area (Å²) in [5.74, 6) is 1.43. The molecule has 28 heavy (non-hydrogen) atoms. The molecule has 7 unspecified atom stereocenters. The number of hydrogen-bond donors (Lipinski definition) is 2. The van der Waals surface area contributed by atoms with E-state index in [9.17, 15) is 9.90 Å². The zero-order valence-corrected chi connectivity index (χ0v) is 18.1. The van der Waals surface area contributed by atoms with Gasteiger partial charge in [0.15, 0.2) is 0 Å². The molecule has 0 saturated heterocycles. The summed E-state index contributed by atoms with van der Waals surface area (Å²) >= 11 is 6.71. The molecule has 0 bridgehead atoms. The summed E-state index contributed by atoms with van der Waals surface area (Å²) in [5, 5.41) is 18.3. The Balaban J connectivity index is 0.000000516. The van der Waals surface area contributed by atoms with Crippen LogP contribution < -0.4 is 0 Å². The van der Waals surface area contributed by atoms with Gasteiger partial charge in [-0.15, -0.1) is 0 Å². The number of hydrogen-bond acceptors (Lipinski definition) is 3. The molecule has 0 radical (unpaired) electrons. The highest BCUT2D eigenvalue weighted by atomic mass is 35.5. The van der Waals surface area contributed by atoms with Crippen molar-refractivity contribution in [3.8, 4) is 0 Å². The maximum absolute atomic E-state index is 12.2. The van der Waals surface area contributed by atoms with Crippen LogP contribution in [0.25, 0.3) is 0 Å². The third-order valence-electron chi connectivity index (χ3n) is 8.17. The molecule has 0 spiro atoms. The van der Waals surface area contributed by atoms with Crippen LogP contribution >= 0.6 is 11.6 Å². The summed E-state index contributed by atoms with van der Waals surface area (Å²) in [7, 11) is 0. The minimum absolute atomic E-state index is 0.0887. The van der Waals surface area contributed by atoms with E-state index in [2.05, 4.69) is 19.9 Å². The molecule has 4 aliphatic carbocycles. The third kappa shape index (κ3) is 3.47. The second kappa shape index (κ2) is 7.60. The first-order chi connectivity index (χ1) is 13.0. The fourth-order valence-corrected chi connectivity index (χ4v) is 7.31. The predicted molar refractivity (Wildman–Crippen MR) is 110 cm³/mol. The molecule has 0 aromatic rings. The molecule has 7 atom stereocenters. The monoisotopic (exact) mass is 408 g/mol. The van der Waals surface area contributed by atoms with Crippen molar-refractivity contribution in [1.82, 2.24) is 0 Å². The summed E-state index contributed by atoms with van der Waals surface area (Å²) in [6.07, 6.45) is 10.3. The Morgan fingerprint density at radius 1 is 1.04 bits per heavy atom. The molecule has 2 fully saturated rings. The van der Waals surface area contributed by atoms with E-state index in [1.165, 1.54) is 12.0 Å². The molecule has 2 saturated carbocycles. The maximum Gasteiger partial charge on any atom is 0.300 e. The van der Waals surface area contributed by atoms with Gasteiger partial charge >= 0.3 is 0 Å². The van der Waals surface area contributed by atoms with Gasteiger partial charge in [-0.05, 0) is 79.6 Å². The number of aliphatic hydroxyl groups is 1. The van der Waals surface area contributed by atoms with E-state index in [4.69, 9.17) is 21.5 Å². The molecule has 0 aromatic heterocycles. The van der Waals surface area contributed by atoms with Crippen LogP contribution in [-0.2, 0) is 9.59 Å². The van der Waals surface area contributed by atoms with Crippen molar-refractivity contribution < 1.29 is 19.8 Å². The van der Waals surface area contributed by atoms with Crippen molar-refractivity contribution in [1.29, 1.82) is 0 Å². The average Bonchev–Trinajstić information content (AvgIpc) is 2.94. The minimum atomic E-state index is -0.833. The van der Waals surface area contributed by atoms with Crippen LogP contribution in [0.1, 0.15) is 66.2 Å². The molecule has 2 N–H and O–H groups in total. The van der Waals surface area contributed by atoms with Gasteiger partial charge in [-0.2, -0.15) is 0 Å². The number of carbonyl (C=O) groups is 2. The Bertz CT molecular complexity index is 722. The largest absolute Gasteiger partial charge is 0.481 e. The number of carbonyl (C=O) groups excluding carboxylic acids is 1. The molecule has 0 aliphatic heterocycles. The van der Waals surface area contributed by atoms with Crippen LogP contribution in [0.5, 0.6) is 0 Å². The molecule has 4 aliphatic rings. The smallest absolute Gasteiger partial charge is 0.300 e. The van der Waals surface area contributed by atoms with Gasteiger partial charge in [0.2, 0.25) is 0 Å². The second-order valence-corrected chi connectivity index (χ2v) is 10.1. The Morgan fingerprint density at radius 3 is 2.29 bits per heavy atom. The second-order valence-electron chi connectivity index (χ2n) is 9.71. The number of halogens is 1. The maximum atomic E-state index is 12.2. The summed E-state index contributed by atoms with van der Waals surface area (Å²) in [6.45, 7) is 7.57. The normalized spacial score (nSPS) is 44.0. The van der Waals surface area contributed by atoms with Gasteiger partial charge in [-0.3, -0.25) is 9.59 Å². The van der Waals surface area contributed by atoms with Gasteiger partial charge in [-0.1, -0.05) is 37.6 Å². The average molecular weight is 409 g/mol. The lowest BCUT2D eigenvalue weighted by atomic mass is 9.48. The van der Waals surface area contributed by atoms with E-state index in [1.807, 2.05) is 6.08 Å². The van der Waals surface area contributed by atoms with Crippen LogP contribution in [0.3, 0.4) is 0 Å². The molecule has 4 rings (SSSR count). The summed E-state index contributed by atoms with van der Waals surface area (Å²) in [6, 6.07) is 0. The number of carboxylic acids is 1. The molecule has 4 nitrogen and oxygen atoms in total. The Kier molecular flexibility index (Phi) is 5.86. The number of fused-ring (bicyclic) bond motifs is 5. The number of rotatable bonds is 1. The van der Waals surface area contributed by atoms with Crippen LogP contribution in [0, 0.1) is 34.5 Å². The van der Waals surface area contributed by atoms with Gasteiger partial charge < -0.3 is 10.2 Å². The Hall–Kier alpha value is -1.13. The molecular formula is C23H33ClO4. The first-order valence-electron chi connectivity index (χ1n) is 10.5. The lowest BCUT2D eigenvalue weighted by molar-refractivity contribution is -0.134. The summed E-state index contributed by atoms with van der Waals surface area (Å²) in [4.78, 5) is 21.2. The van der Waals surface area contributed by atoms with Crippen LogP contribution in [0.2, 0.25) is 0 Å². The van der Waals surface area contributed by atoms with E-state index in [0.29, 0.717) is 23.5 Å². The molecule has 0 amide bonds. The molecular weight excluding hydrogens is 376 g/mol. The lowest BCUT2D eigenvalue weighted by Crippen LogP contribution is -2.50. The molecule has 0 heterocycles. The topological polar surface area (TPSA) is 74.6 Å². The van der Waals surface area contributed by atoms with Crippen molar-refractivity contribution in [3.63, 3.8) is 0 Å². The standard InChI is InChI=1S/C21H29ClO2.C2H4O2/c1-12(23)15-4-5-16-14-11-19(22)18-10-13(24)6-8-21(18,3)17(14)7-9-20(15,16)2;1-2(3)4/h10-11,13-17,24H,4-9H2,1-3H3;1H3,(H,3,4). The highest BCUT2D eigenvalue weighted by Gasteiger charge is 2.59. The summed E-state index contributed by atoms with van der Waals surface area (Å²) in [5.41, 5.74) is 1.41. The summed E-state index contributed by atoms with van der Waals surface area (Å²) < 4.78 is 0. The fraction of sp³-hybridized carbons (Fsp3) is 0.739. The van der Waals surface area contributed by atoms with Crippen molar-refractivity contribution in [3.05, 3.63) is 22.8 Å². The quantitative estimate of drug-likeness (QED) is 0.643. The van der Waals surface area contributed by atoms with Crippen molar-refractivity contribution >= 4 is 23.4 Å². The zero-order valence-electron chi connectivity index (χ0n) is 17.4. The number of aliphatic hydroxyl groups excluding tert-OH is 1. The van der Waals surface area contributed by atoms with Crippen LogP contribution in [0.4, 0.5) is 0 Å². The first kappa shape index (κ1) is 21.6. The Morgan fingerprint density at radius 2 is 1.68 bits per heavy atom. The van der Waals surface area contributed by atoms with E-state index >= 15 is 0 Å². The molecule has 5 heteroatoms.